The van der Waals surface area contributed by atoms with Crippen LogP contribution >= 0.6 is 0 Å². The number of aliphatic hydroxyl groups is 1. The highest BCUT2D eigenvalue weighted by atomic mass is 16.6. The summed E-state index contributed by atoms with van der Waals surface area (Å²) >= 11 is 0. The summed E-state index contributed by atoms with van der Waals surface area (Å²) in [6.45, 7) is -0.0147. The molecule has 1 aromatic carbocycles. The molecule has 0 bridgehead atoms. The minimum Gasteiger partial charge on any atom is -0.392 e. The first-order chi connectivity index (χ1) is 6.22. The molecule has 0 fully saturated rings. The number of nitrogens with zero attached hydrogens (tertiary/aromatic N) is 1. The first-order valence-electron chi connectivity index (χ1n) is 3.74. The van der Waals surface area contributed by atoms with E-state index in [0.29, 0.717) is 0 Å². The summed E-state index contributed by atoms with van der Waals surface area (Å²) in [6, 6.07) is 6.87. The quantitative estimate of drug-likeness (QED) is 0.563. The summed E-state index contributed by atoms with van der Waals surface area (Å²) in [5.41, 5.74) is 1.53. The van der Waals surface area contributed by atoms with Crippen LogP contribution in [0.4, 0.5) is 0 Å². The fourth-order valence-corrected chi connectivity index (χ4v) is 0.881. The van der Waals surface area contributed by atoms with Gasteiger partial charge in [-0.25, -0.2) is 0 Å². The van der Waals surface area contributed by atoms with E-state index in [2.05, 4.69) is 0 Å². The summed E-state index contributed by atoms with van der Waals surface area (Å²) < 4.78 is 0. The third-order valence-electron chi connectivity index (χ3n) is 1.55. The Bertz CT molecular complexity index is 316. The van der Waals surface area contributed by atoms with Gasteiger partial charge in [-0.3, -0.25) is 10.1 Å². The van der Waals surface area contributed by atoms with Crippen LogP contribution in [0.1, 0.15) is 11.1 Å². The highest BCUT2D eigenvalue weighted by molar-refractivity contribution is 5.48. The van der Waals surface area contributed by atoms with Gasteiger partial charge in [0, 0.05) is 6.08 Å². The second-order valence-corrected chi connectivity index (χ2v) is 2.50. The maximum Gasteiger partial charge on any atom is 0.235 e. The van der Waals surface area contributed by atoms with Crippen molar-refractivity contribution in [3.63, 3.8) is 0 Å². The number of nitro groups is 1. The third kappa shape index (κ3) is 3.04. The normalized spacial score (nSPS) is 10.5. The zero-order valence-electron chi connectivity index (χ0n) is 6.88. The van der Waals surface area contributed by atoms with Crippen molar-refractivity contribution < 1.29 is 10.0 Å². The molecule has 1 aromatic rings. The highest BCUT2D eigenvalue weighted by Gasteiger charge is 1.91. The predicted molar refractivity (Wildman–Crippen MR) is 48.4 cm³/mol. The SMILES string of the molecule is O=[N+]([O-])C=Cc1ccc(CO)cc1. The van der Waals surface area contributed by atoms with Gasteiger partial charge < -0.3 is 5.11 Å². The summed E-state index contributed by atoms with van der Waals surface area (Å²) in [6.07, 6.45) is 2.29. The second kappa shape index (κ2) is 4.37. The lowest BCUT2D eigenvalue weighted by atomic mass is 10.1. The second-order valence-electron chi connectivity index (χ2n) is 2.50. The minimum atomic E-state index is -0.514. The lowest BCUT2D eigenvalue weighted by molar-refractivity contribution is -0.400. The van der Waals surface area contributed by atoms with Crippen molar-refractivity contribution in [2.45, 2.75) is 6.61 Å². The molecule has 0 radical (unpaired) electrons. The van der Waals surface area contributed by atoms with Crippen LogP contribution in [0.15, 0.2) is 30.5 Å². The van der Waals surface area contributed by atoms with E-state index in [9.17, 15) is 10.1 Å². The Morgan fingerprint density at radius 1 is 1.38 bits per heavy atom. The largest absolute Gasteiger partial charge is 0.392 e. The Hall–Kier alpha value is -1.68. The van der Waals surface area contributed by atoms with E-state index in [4.69, 9.17) is 5.11 Å². The monoisotopic (exact) mass is 179 g/mol. The molecule has 0 atom stereocenters. The van der Waals surface area contributed by atoms with E-state index in [0.717, 1.165) is 17.3 Å². The molecule has 0 saturated heterocycles. The predicted octanol–water partition coefficient (Wildman–Crippen LogP) is 1.43. The molecule has 1 N–H and O–H groups in total. The minimum absolute atomic E-state index is 0.0147. The molecular weight excluding hydrogens is 170 g/mol. The van der Waals surface area contributed by atoms with E-state index >= 15 is 0 Å². The van der Waals surface area contributed by atoms with E-state index in [-0.39, 0.29) is 6.61 Å². The van der Waals surface area contributed by atoms with Crippen LogP contribution in [0, 0.1) is 10.1 Å². The summed E-state index contributed by atoms with van der Waals surface area (Å²) in [5, 5.41) is 18.7. The average molecular weight is 179 g/mol. The van der Waals surface area contributed by atoms with Crippen LogP contribution in [-0.4, -0.2) is 10.0 Å². The van der Waals surface area contributed by atoms with Crippen LogP contribution in [0.2, 0.25) is 0 Å². The highest BCUT2D eigenvalue weighted by Crippen LogP contribution is 2.05. The van der Waals surface area contributed by atoms with Crippen molar-refractivity contribution in [2.75, 3.05) is 0 Å². The number of rotatable bonds is 3. The smallest absolute Gasteiger partial charge is 0.235 e. The number of hydrogen-bond acceptors (Lipinski definition) is 3. The molecule has 0 aromatic heterocycles. The zero-order valence-corrected chi connectivity index (χ0v) is 6.88. The van der Waals surface area contributed by atoms with Crippen LogP contribution in [-0.2, 0) is 6.61 Å². The molecule has 4 nitrogen and oxygen atoms in total. The molecule has 0 spiro atoms. The molecule has 0 amide bonds. The molecule has 0 saturated carbocycles. The molecule has 0 aliphatic carbocycles. The molecule has 0 aliphatic rings. The topological polar surface area (TPSA) is 63.4 Å². The Balaban J connectivity index is 2.75. The van der Waals surface area contributed by atoms with Crippen molar-refractivity contribution in [3.8, 4) is 0 Å². The molecule has 68 valence electrons. The van der Waals surface area contributed by atoms with E-state index in [1.807, 2.05) is 0 Å². The Labute approximate surface area is 75.3 Å². The third-order valence-corrected chi connectivity index (χ3v) is 1.55. The van der Waals surface area contributed by atoms with Gasteiger partial charge in [0.15, 0.2) is 0 Å². The molecular formula is C9H9NO3. The molecule has 0 unspecified atom stereocenters. The van der Waals surface area contributed by atoms with Crippen molar-refractivity contribution in [1.29, 1.82) is 0 Å². The van der Waals surface area contributed by atoms with Crippen LogP contribution in [0.3, 0.4) is 0 Å². The van der Waals surface area contributed by atoms with Crippen molar-refractivity contribution in [3.05, 3.63) is 51.7 Å². The lowest BCUT2D eigenvalue weighted by Crippen LogP contribution is -1.84. The Morgan fingerprint density at radius 3 is 2.46 bits per heavy atom. The first kappa shape index (κ1) is 9.41. The Morgan fingerprint density at radius 2 is 2.00 bits per heavy atom. The zero-order chi connectivity index (χ0) is 9.68. The van der Waals surface area contributed by atoms with Gasteiger partial charge in [0.2, 0.25) is 6.20 Å². The van der Waals surface area contributed by atoms with Gasteiger partial charge in [-0.2, -0.15) is 0 Å². The molecule has 0 heterocycles. The first-order valence-corrected chi connectivity index (χ1v) is 3.74. The molecule has 4 heteroatoms. The summed E-state index contributed by atoms with van der Waals surface area (Å²) in [5.74, 6) is 0. The van der Waals surface area contributed by atoms with Gasteiger partial charge >= 0.3 is 0 Å². The van der Waals surface area contributed by atoms with Gasteiger partial charge in [-0.05, 0) is 11.1 Å². The van der Waals surface area contributed by atoms with Crippen molar-refractivity contribution >= 4 is 6.08 Å². The van der Waals surface area contributed by atoms with E-state index in [1.165, 1.54) is 6.08 Å². The van der Waals surface area contributed by atoms with Crippen LogP contribution in [0.5, 0.6) is 0 Å². The van der Waals surface area contributed by atoms with Crippen molar-refractivity contribution in [2.24, 2.45) is 0 Å². The van der Waals surface area contributed by atoms with Gasteiger partial charge in [0.1, 0.15) is 0 Å². The van der Waals surface area contributed by atoms with Gasteiger partial charge in [0.05, 0.1) is 11.5 Å². The standard InChI is InChI=1S/C9H9NO3/c11-7-9-3-1-8(2-4-9)5-6-10(12)13/h1-6,11H,7H2. The molecule has 13 heavy (non-hydrogen) atoms. The van der Waals surface area contributed by atoms with Crippen LogP contribution < -0.4 is 0 Å². The van der Waals surface area contributed by atoms with E-state index < -0.39 is 4.92 Å². The fraction of sp³-hybridized carbons (Fsp3) is 0.111. The fourth-order valence-electron chi connectivity index (χ4n) is 0.881. The van der Waals surface area contributed by atoms with Gasteiger partial charge in [-0.1, -0.05) is 24.3 Å². The maximum atomic E-state index is 9.97. The van der Waals surface area contributed by atoms with Gasteiger partial charge in [-0.15, -0.1) is 0 Å². The molecule has 0 aliphatic heterocycles. The van der Waals surface area contributed by atoms with Crippen LogP contribution in [0.25, 0.3) is 6.08 Å². The summed E-state index contributed by atoms with van der Waals surface area (Å²) in [4.78, 5) is 9.46. The molecule has 1 rings (SSSR count). The maximum absolute atomic E-state index is 9.97. The lowest BCUT2D eigenvalue weighted by Gasteiger charge is -1.95. The van der Waals surface area contributed by atoms with E-state index in [1.54, 1.807) is 24.3 Å². The van der Waals surface area contributed by atoms with Gasteiger partial charge in [0.25, 0.3) is 0 Å². The number of hydrogen-bond donors (Lipinski definition) is 1. The van der Waals surface area contributed by atoms with Crippen molar-refractivity contribution in [1.82, 2.24) is 0 Å². The summed E-state index contributed by atoms with van der Waals surface area (Å²) in [7, 11) is 0. The Kier molecular flexibility index (Phi) is 3.16. The number of benzene rings is 1. The number of aliphatic hydroxyl groups excluding tert-OH is 1. The average Bonchev–Trinajstić information content (AvgIpc) is 2.15.